The number of aliphatic carboxylic acids is 1. The molecule has 0 amide bonds. The van der Waals surface area contributed by atoms with Crippen LogP contribution in [0.4, 0.5) is 0 Å². The van der Waals surface area contributed by atoms with Gasteiger partial charge in [0.2, 0.25) is 0 Å². The minimum Gasteiger partial charge on any atom is -0.481 e. The SMILES string of the molecule is CCCCC(CC)CC(C)(C)OC(=O)C1CCC(C(=O)O)CC1. The Bertz CT molecular complexity index is 381. The third-order valence-corrected chi connectivity index (χ3v) is 5.11. The molecule has 1 unspecified atom stereocenters. The summed E-state index contributed by atoms with van der Waals surface area (Å²) in [6.07, 6.45) is 8.08. The molecule has 0 aromatic carbocycles. The van der Waals surface area contributed by atoms with E-state index in [2.05, 4.69) is 13.8 Å². The van der Waals surface area contributed by atoms with Crippen LogP contribution in [0.1, 0.15) is 85.5 Å². The summed E-state index contributed by atoms with van der Waals surface area (Å²) in [5.41, 5.74) is -0.435. The molecule has 0 aromatic heterocycles. The van der Waals surface area contributed by atoms with Gasteiger partial charge in [-0.1, -0.05) is 39.5 Å². The van der Waals surface area contributed by atoms with Crippen molar-refractivity contribution in [1.82, 2.24) is 0 Å². The number of ether oxygens (including phenoxy) is 1. The molecule has 4 nitrogen and oxygen atoms in total. The summed E-state index contributed by atoms with van der Waals surface area (Å²) in [5, 5.41) is 9.03. The van der Waals surface area contributed by atoms with Gasteiger partial charge >= 0.3 is 11.9 Å². The van der Waals surface area contributed by atoms with Crippen molar-refractivity contribution in [3.63, 3.8) is 0 Å². The lowest BCUT2D eigenvalue weighted by molar-refractivity contribution is -0.165. The fourth-order valence-corrected chi connectivity index (χ4v) is 3.61. The maximum absolute atomic E-state index is 12.4. The molecule has 1 aliphatic rings. The lowest BCUT2D eigenvalue weighted by Crippen LogP contribution is -2.35. The zero-order valence-electron chi connectivity index (χ0n) is 15.3. The van der Waals surface area contributed by atoms with E-state index in [-0.39, 0.29) is 17.8 Å². The second kappa shape index (κ2) is 9.29. The topological polar surface area (TPSA) is 63.6 Å². The van der Waals surface area contributed by atoms with Crippen LogP contribution in [0.2, 0.25) is 0 Å². The number of carboxylic acid groups (broad SMARTS) is 1. The van der Waals surface area contributed by atoms with Gasteiger partial charge in [-0.25, -0.2) is 0 Å². The molecule has 1 saturated carbocycles. The Morgan fingerprint density at radius 2 is 1.70 bits per heavy atom. The number of carbonyl (C=O) groups is 2. The Labute approximate surface area is 141 Å². The van der Waals surface area contributed by atoms with E-state index in [0.29, 0.717) is 31.6 Å². The van der Waals surface area contributed by atoms with Crippen molar-refractivity contribution in [3.05, 3.63) is 0 Å². The predicted octanol–water partition coefficient (Wildman–Crippen LogP) is 4.81. The van der Waals surface area contributed by atoms with Gasteiger partial charge < -0.3 is 9.84 Å². The molecule has 1 fully saturated rings. The molecule has 134 valence electrons. The van der Waals surface area contributed by atoms with Crippen molar-refractivity contribution in [2.45, 2.75) is 91.1 Å². The molecule has 4 heteroatoms. The van der Waals surface area contributed by atoms with Crippen LogP contribution in [0.15, 0.2) is 0 Å². The van der Waals surface area contributed by atoms with E-state index in [0.717, 1.165) is 12.8 Å². The molecule has 1 rings (SSSR count). The summed E-state index contributed by atoms with van der Waals surface area (Å²) >= 11 is 0. The maximum Gasteiger partial charge on any atom is 0.309 e. The van der Waals surface area contributed by atoms with Gasteiger partial charge in [-0.2, -0.15) is 0 Å². The second-order valence-corrected chi connectivity index (χ2v) is 7.69. The highest BCUT2D eigenvalue weighted by atomic mass is 16.6. The summed E-state index contributed by atoms with van der Waals surface area (Å²) < 4.78 is 5.80. The molecule has 0 heterocycles. The first-order chi connectivity index (χ1) is 10.8. The third kappa shape index (κ3) is 6.92. The smallest absolute Gasteiger partial charge is 0.309 e. The van der Waals surface area contributed by atoms with E-state index in [9.17, 15) is 9.59 Å². The maximum atomic E-state index is 12.4. The molecule has 0 aromatic rings. The fraction of sp³-hybridized carbons (Fsp3) is 0.895. The molecule has 0 spiro atoms. The summed E-state index contributed by atoms with van der Waals surface area (Å²) in [6.45, 7) is 8.40. The zero-order chi connectivity index (χ0) is 17.5. The highest BCUT2D eigenvalue weighted by molar-refractivity contribution is 5.74. The lowest BCUT2D eigenvalue weighted by Gasteiger charge is -2.32. The second-order valence-electron chi connectivity index (χ2n) is 7.69. The van der Waals surface area contributed by atoms with E-state index in [1.54, 1.807) is 0 Å². The molecule has 0 radical (unpaired) electrons. The van der Waals surface area contributed by atoms with Gasteiger partial charge in [0.15, 0.2) is 0 Å². The van der Waals surface area contributed by atoms with Crippen LogP contribution >= 0.6 is 0 Å². The number of esters is 1. The Kier molecular flexibility index (Phi) is 8.07. The highest BCUT2D eigenvalue weighted by Crippen LogP contribution is 2.32. The molecule has 1 atom stereocenters. The Balaban J connectivity index is 2.46. The average Bonchev–Trinajstić information content (AvgIpc) is 2.50. The minimum absolute atomic E-state index is 0.124. The molecular formula is C19H34O4. The summed E-state index contributed by atoms with van der Waals surface area (Å²) in [7, 11) is 0. The van der Waals surface area contributed by atoms with Gasteiger partial charge in [0, 0.05) is 0 Å². The molecule has 0 bridgehead atoms. The first kappa shape index (κ1) is 20.0. The van der Waals surface area contributed by atoms with Crippen molar-refractivity contribution >= 4 is 11.9 Å². The fourth-order valence-electron chi connectivity index (χ4n) is 3.61. The Hall–Kier alpha value is -1.06. The largest absolute Gasteiger partial charge is 0.481 e. The van der Waals surface area contributed by atoms with Crippen molar-refractivity contribution < 1.29 is 19.4 Å². The van der Waals surface area contributed by atoms with Crippen LogP contribution in [0.3, 0.4) is 0 Å². The monoisotopic (exact) mass is 326 g/mol. The predicted molar refractivity (Wildman–Crippen MR) is 91.2 cm³/mol. The first-order valence-corrected chi connectivity index (χ1v) is 9.24. The number of carboxylic acids is 1. The minimum atomic E-state index is -0.737. The van der Waals surface area contributed by atoms with E-state index in [1.807, 2.05) is 13.8 Å². The van der Waals surface area contributed by atoms with E-state index in [4.69, 9.17) is 9.84 Å². The number of hydrogen-bond donors (Lipinski definition) is 1. The summed E-state index contributed by atoms with van der Waals surface area (Å²) in [4.78, 5) is 23.4. The molecule has 23 heavy (non-hydrogen) atoms. The van der Waals surface area contributed by atoms with Gasteiger partial charge in [-0.3, -0.25) is 9.59 Å². The van der Waals surface area contributed by atoms with Gasteiger partial charge in [-0.05, 0) is 51.9 Å². The lowest BCUT2D eigenvalue weighted by atomic mass is 9.82. The number of unbranched alkanes of at least 4 members (excludes halogenated alkanes) is 1. The van der Waals surface area contributed by atoms with Crippen molar-refractivity contribution in [2.75, 3.05) is 0 Å². The van der Waals surface area contributed by atoms with Gasteiger partial charge in [-0.15, -0.1) is 0 Å². The van der Waals surface area contributed by atoms with Gasteiger partial charge in [0.05, 0.1) is 11.8 Å². The third-order valence-electron chi connectivity index (χ3n) is 5.11. The zero-order valence-corrected chi connectivity index (χ0v) is 15.3. The van der Waals surface area contributed by atoms with Gasteiger partial charge in [0.25, 0.3) is 0 Å². The van der Waals surface area contributed by atoms with Gasteiger partial charge in [0.1, 0.15) is 5.60 Å². The van der Waals surface area contributed by atoms with Crippen molar-refractivity contribution in [2.24, 2.45) is 17.8 Å². The van der Waals surface area contributed by atoms with Crippen LogP contribution in [0, 0.1) is 17.8 Å². The van der Waals surface area contributed by atoms with E-state index < -0.39 is 11.6 Å². The van der Waals surface area contributed by atoms with Crippen LogP contribution in [0.5, 0.6) is 0 Å². The van der Waals surface area contributed by atoms with Crippen molar-refractivity contribution in [3.8, 4) is 0 Å². The molecule has 0 aliphatic heterocycles. The molecule has 0 saturated heterocycles. The number of hydrogen-bond acceptors (Lipinski definition) is 3. The number of carbonyl (C=O) groups excluding carboxylic acids is 1. The molecule has 1 N–H and O–H groups in total. The number of rotatable bonds is 9. The van der Waals surface area contributed by atoms with E-state index in [1.165, 1.54) is 19.3 Å². The van der Waals surface area contributed by atoms with Crippen LogP contribution in [0.25, 0.3) is 0 Å². The standard InChI is InChI=1S/C19H34O4/c1-5-7-8-14(6-2)13-19(3,4)23-18(22)16-11-9-15(10-12-16)17(20)21/h14-16H,5-13H2,1-4H3,(H,20,21). The Morgan fingerprint density at radius 1 is 1.13 bits per heavy atom. The average molecular weight is 326 g/mol. The molecular weight excluding hydrogens is 292 g/mol. The highest BCUT2D eigenvalue weighted by Gasteiger charge is 2.34. The van der Waals surface area contributed by atoms with Crippen molar-refractivity contribution in [1.29, 1.82) is 0 Å². The van der Waals surface area contributed by atoms with Crippen LogP contribution < -0.4 is 0 Å². The summed E-state index contributed by atoms with van der Waals surface area (Å²) in [5.74, 6) is -0.685. The van der Waals surface area contributed by atoms with Crippen LogP contribution in [-0.2, 0) is 14.3 Å². The normalized spacial score (nSPS) is 23.3. The molecule has 1 aliphatic carbocycles. The summed E-state index contributed by atoms with van der Waals surface area (Å²) in [6, 6.07) is 0. The quantitative estimate of drug-likeness (QED) is 0.618. The Morgan fingerprint density at radius 3 is 2.17 bits per heavy atom. The van der Waals surface area contributed by atoms with Crippen LogP contribution in [-0.4, -0.2) is 22.6 Å². The van der Waals surface area contributed by atoms with E-state index >= 15 is 0 Å². The first-order valence-electron chi connectivity index (χ1n) is 9.24.